The molecule has 1 saturated heterocycles. The standard InChI is InChI=1S/C15H24N2O2S/c1-17(12-14-4-3-9-16-10-14)11-13-5-7-15(8-6-13)20(2,18)19/h5-8,14,16H,3-4,9-12H2,1-2H3. The van der Waals surface area contributed by atoms with E-state index in [-0.39, 0.29) is 0 Å². The molecule has 1 aliphatic heterocycles. The lowest BCUT2D eigenvalue weighted by Crippen LogP contribution is -2.36. The summed E-state index contributed by atoms with van der Waals surface area (Å²) >= 11 is 0. The maximum absolute atomic E-state index is 11.4. The SMILES string of the molecule is CN(Cc1ccc(S(C)(=O)=O)cc1)CC1CCCNC1. The maximum atomic E-state index is 11.4. The van der Waals surface area contributed by atoms with Gasteiger partial charge in [-0.2, -0.15) is 0 Å². The number of nitrogens with one attached hydrogen (secondary N) is 1. The van der Waals surface area contributed by atoms with Crippen molar-refractivity contribution in [2.24, 2.45) is 5.92 Å². The molecule has 0 amide bonds. The fraction of sp³-hybridized carbons (Fsp3) is 0.600. The molecule has 5 heteroatoms. The van der Waals surface area contributed by atoms with Crippen LogP contribution in [0.5, 0.6) is 0 Å². The summed E-state index contributed by atoms with van der Waals surface area (Å²) in [5.74, 6) is 0.726. The Hall–Kier alpha value is -0.910. The summed E-state index contributed by atoms with van der Waals surface area (Å²) < 4.78 is 22.8. The van der Waals surface area contributed by atoms with Crippen LogP contribution in [-0.2, 0) is 16.4 Å². The topological polar surface area (TPSA) is 49.4 Å². The summed E-state index contributed by atoms with van der Waals surface area (Å²) in [7, 11) is -0.969. The third kappa shape index (κ3) is 4.58. The van der Waals surface area contributed by atoms with Crippen molar-refractivity contribution in [1.29, 1.82) is 0 Å². The number of nitrogens with zero attached hydrogens (tertiary/aromatic N) is 1. The van der Waals surface area contributed by atoms with Crippen LogP contribution in [0, 0.1) is 5.92 Å². The first-order valence-electron chi connectivity index (χ1n) is 7.13. The van der Waals surface area contributed by atoms with Gasteiger partial charge in [0.1, 0.15) is 0 Å². The van der Waals surface area contributed by atoms with Gasteiger partial charge in [-0.25, -0.2) is 8.42 Å². The second-order valence-corrected chi connectivity index (χ2v) is 7.84. The number of rotatable bonds is 5. The second kappa shape index (κ2) is 6.70. The first kappa shape index (κ1) is 15.5. The molecule has 1 aromatic rings. The van der Waals surface area contributed by atoms with E-state index < -0.39 is 9.84 Å². The Kier molecular flexibility index (Phi) is 5.18. The highest BCUT2D eigenvalue weighted by Crippen LogP contribution is 2.14. The van der Waals surface area contributed by atoms with Gasteiger partial charge in [-0.3, -0.25) is 0 Å². The lowest BCUT2D eigenvalue weighted by Gasteiger charge is -2.27. The van der Waals surface area contributed by atoms with Crippen LogP contribution in [0.15, 0.2) is 29.2 Å². The molecule has 1 atom stereocenters. The van der Waals surface area contributed by atoms with E-state index in [0.29, 0.717) is 4.90 Å². The minimum Gasteiger partial charge on any atom is -0.316 e. The summed E-state index contributed by atoms with van der Waals surface area (Å²) in [6.07, 6.45) is 3.80. The van der Waals surface area contributed by atoms with Gasteiger partial charge >= 0.3 is 0 Å². The first-order chi connectivity index (χ1) is 9.45. The molecule has 112 valence electrons. The number of benzene rings is 1. The lowest BCUT2D eigenvalue weighted by atomic mass is 9.99. The molecule has 0 spiro atoms. The number of piperidine rings is 1. The van der Waals surface area contributed by atoms with E-state index in [1.165, 1.54) is 19.1 Å². The zero-order valence-electron chi connectivity index (χ0n) is 12.3. The molecule has 0 aromatic heterocycles. The average molecular weight is 296 g/mol. The van der Waals surface area contributed by atoms with Gasteiger partial charge in [-0.1, -0.05) is 12.1 Å². The molecule has 0 radical (unpaired) electrons. The van der Waals surface area contributed by atoms with E-state index in [9.17, 15) is 8.42 Å². The van der Waals surface area contributed by atoms with Crippen LogP contribution in [0.2, 0.25) is 0 Å². The smallest absolute Gasteiger partial charge is 0.175 e. The van der Waals surface area contributed by atoms with Crippen LogP contribution in [0.1, 0.15) is 18.4 Å². The molecule has 1 heterocycles. The highest BCUT2D eigenvalue weighted by atomic mass is 32.2. The van der Waals surface area contributed by atoms with Crippen LogP contribution < -0.4 is 5.32 Å². The number of hydrogen-bond donors (Lipinski definition) is 1. The summed E-state index contributed by atoms with van der Waals surface area (Å²) in [6, 6.07) is 7.21. The van der Waals surface area contributed by atoms with E-state index in [0.717, 1.165) is 37.7 Å². The minimum absolute atomic E-state index is 0.389. The molecule has 20 heavy (non-hydrogen) atoms. The van der Waals surface area contributed by atoms with Gasteiger partial charge in [0, 0.05) is 19.3 Å². The van der Waals surface area contributed by atoms with E-state index >= 15 is 0 Å². The Morgan fingerprint density at radius 1 is 1.30 bits per heavy atom. The Bertz CT molecular complexity index is 519. The molecule has 1 fully saturated rings. The minimum atomic E-state index is -3.09. The normalized spacial score (nSPS) is 20.2. The van der Waals surface area contributed by atoms with Crippen LogP contribution >= 0.6 is 0 Å². The third-order valence-corrected chi connectivity index (χ3v) is 4.90. The Balaban J connectivity index is 1.89. The van der Waals surface area contributed by atoms with Gasteiger partial charge in [0.15, 0.2) is 9.84 Å². The second-order valence-electron chi connectivity index (χ2n) is 5.83. The van der Waals surface area contributed by atoms with E-state index in [4.69, 9.17) is 0 Å². The first-order valence-corrected chi connectivity index (χ1v) is 9.02. The predicted molar refractivity (Wildman–Crippen MR) is 81.5 cm³/mol. The van der Waals surface area contributed by atoms with Crippen molar-refractivity contribution >= 4 is 9.84 Å². The zero-order valence-corrected chi connectivity index (χ0v) is 13.1. The van der Waals surface area contributed by atoms with Crippen molar-refractivity contribution in [3.8, 4) is 0 Å². The predicted octanol–water partition coefficient (Wildman–Crippen LogP) is 1.52. The average Bonchev–Trinajstić information content (AvgIpc) is 2.39. The molecule has 0 aliphatic carbocycles. The third-order valence-electron chi connectivity index (χ3n) is 3.77. The Labute approximate surface area is 122 Å². The molecule has 2 rings (SSSR count). The molecular formula is C15H24N2O2S. The molecule has 1 aromatic carbocycles. The lowest BCUT2D eigenvalue weighted by molar-refractivity contribution is 0.237. The number of sulfone groups is 1. The highest BCUT2D eigenvalue weighted by Gasteiger charge is 2.15. The van der Waals surface area contributed by atoms with E-state index in [2.05, 4.69) is 17.3 Å². The molecule has 0 bridgehead atoms. The van der Waals surface area contributed by atoms with Crippen LogP contribution in [0.4, 0.5) is 0 Å². The van der Waals surface area contributed by atoms with Crippen molar-refractivity contribution in [3.63, 3.8) is 0 Å². The molecule has 4 nitrogen and oxygen atoms in total. The summed E-state index contributed by atoms with van der Waals surface area (Å²) in [4.78, 5) is 2.70. The van der Waals surface area contributed by atoms with Crippen LogP contribution in [0.3, 0.4) is 0 Å². The quantitative estimate of drug-likeness (QED) is 0.895. The molecular weight excluding hydrogens is 272 g/mol. The van der Waals surface area contributed by atoms with Crippen molar-refractivity contribution in [2.75, 3.05) is 32.9 Å². The van der Waals surface area contributed by atoms with Crippen molar-refractivity contribution in [1.82, 2.24) is 10.2 Å². The van der Waals surface area contributed by atoms with E-state index in [1.807, 2.05) is 12.1 Å². The van der Waals surface area contributed by atoms with Crippen LogP contribution in [-0.4, -0.2) is 46.3 Å². The van der Waals surface area contributed by atoms with Gasteiger partial charge in [0.2, 0.25) is 0 Å². The van der Waals surface area contributed by atoms with E-state index in [1.54, 1.807) is 12.1 Å². The monoisotopic (exact) mass is 296 g/mol. The van der Waals surface area contributed by atoms with Gasteiger partial charge in [-0.15, -0.1) is 0 Å². The van der Waals surface area contributed by atoms with Crippen molar-refractivity contribution < 1.29 is 8.42 Å². The molecule has 0 saturated carbocycles. The highest BCUT2D eigenvalue weighted by molar-refractivity contribution is 7.90. The molecule has 1 aliphatic rings. The zero-order chi connectivity index (χ0) is 14.6. The maximum Gasteiger partial charge on any atom is 0.175 e. The Morgan fingerprint density at radius 3 is 2.55 bits per heavy atom. The molecule has 1 unspecified atom stereocenters. The summed E-state index contributed by atoms with van der Waals surface area (Å²) in [5.41, 5.74) is 1.16. The van der Waals surface area contributed by atoms with Gasteiger partial charge in [0.25, 0.3) is 0 Å². The summed E-state index contributed by atoms with van der Waals surface area (Å²) in [5, 5.41) is 3.43. The largest absolute Gasteiger partial charge is 0.316 e. The van der Waals surface area contributed by atoms with Gasteiger partial charge in [0.05, 0.1) is 4.90 Å². The van der Waals surface area contributed by atoms with Crippen molar-refractivity contribution in [2.45, 2.75) is 24.3 Å². The fourth-order valence-corrected chi connectivity index (χ4v) is 3.37. The fourth-order valence-electron chi connectivity index (χ4n) is 2.74. The Morgan fingerprint density at radius 2 is 2.00 bits per heavy atom. The van der Waals surface area contributed by atoms with Crippen molar-refractivity contribution in [3.05, 3.63) is 29.8 Å². The van der Waals surface area contributed by atoms with Gasteiger partial charge < -0.3 is 10.2 Å². The van der Waals surface area contributed by atoms with Crippen LogP contribution in [0.25, 0.3) is 0 Å². The molecule has 1 N–H and O–H groups in total. The summed E-state index contributed by atoms with van der Waals surface area (Å²) in [6.45, 7) is 4.20. The number of hydrogen-bond acceptors (Lipinski definition) is 4. The van der Waals surface area contributed by atoms with Gasteiger partial charge in [-0.05, 0) is 56.6 Å².